The second-order valence-electron chi connectivity index (χ2n) is 10.7. The maximum atomic E-state index is 13.0. The molecule has 0 saturated carbocycles. The van der Waals surface area contributed by atoms with Crippen molar-refractivity contribution in [2.75, 3.05) is 19.6 Å². The summed E-state index contributed by atoms with van der Waals surface area (Å²) in [6.07, 6.45) is 9.61. The summed E-state index contributed by atoms with van der Waals surface area (Å²) in [5.74, 6) is 2.86. The minimum Gasteiger partial charge on any atom is -0.387 e. The van der Waals surface area contributed by atoms with Crippen LogP contribution in [0.2, 0.25) is 0 Å². The molecule has 3 aliphatic rings. The summed E-state index contributed by atoms with van der Waals surface area (Å²) in [6.45, 7) is 6.08. The molecular weight excluding hydrogens is 623 g/mol. The number of hydrogen-bond donors (Lipinski definition) is 2. The molecule has 0 spiro atoms. The highest BCUT2D eigenvalue weighted by Crippen LogP contribution is 2.42. The highest BCUT2D eigenvalue weighted by Gasteiger charge is 2.42. The van der Waals surface area contributed by atoms with Gasteiger partial charge in [0.2, 0.25) is 15.2 Å². The fraction of sp³-hybridized carbons (Fsp3) is 0.517. The number of alkyl halides is 3. The van der Waals surface area contributed by atoms with Crippen molar-refractivity contribution < 1.29 is 27.2 Å². The SMILES string of the molecule is C#CCCCCNC(=O)C[C@@H](OS(=O)(=O)[N-][n+]1ccc([C@@H](O)[C@@H]2C[C@@H]3CCN2C[C@@H]3C=C)c2ccccc21)C(Cl)(Cl)Cl. The number of halogens is 3. The van der Waals surface area contributed by atoms with Gasteiger partial charge in [0.1, 0.15) is 6.10 Å². The molecule has 6 atom stereocenters. The van der Waals surface area contributed by atoms with Gasteiger partial charge >= 0.3 is 0 Å². The fourth-order valence-electron chi connectivity index (χ4n) is 5.78. The molecule has 2 bridgehead atoms. The lowest BCUT2D eigenvalue weighted by Crippen LogP contribution is -2.54. The van der Waals surface area contributed by atoms with Crippen molar-refractivity contribution in [3.63, 3.8) is 0 Å². The lowest BCUT2D eigenvalue weighted by atomic mass is 9.73. The van der Waals surface area contributed by atoms with Crippen LogP contribution in [0.4, 0.5) is 0 Å². The number of aliphatic hydroxyl groups excluding tert-OH is 1. The van der Waals surface area contributed by atoms with E-state index in [1.807, 2.05) is 6.08 Å². The minimum atomic E-state index is -4.70. The summed E-state index contributed by atoms with van der Waals surface area (Å²) < 4.78 is 30.1. The normalized spacial score (nSPS) is 23.6. The molecule has 3 aliphatic heterocycles. The van der Waals surface area contributed by atoms with Crippen LogP contribution in [0.15, 0.2) is 49.2 Å². The highest BCUT2D eigenvalue weighted by atomic mass is 35.6. The number of aromatic nitrogens is 1. The lowest BCUT2D eigenvalue weighted by molar-refractivity contribution is -0.586. The molecule has 4 heterocycles. The zero-order valence-electron chi connectivity index (χ0n) is 23.0. The Hall–Kier alpha value is -2.10. The fourth-order valence-corrected chi connectivity index (χ4v) is 7.20. The van der Waals surface area contributed by atoms with Crippen molar-refractivity contribution in [1.29, 1.82) is 0 Å². The van der Waals surface area contributed by atoms with E-state index in [9.17, 15) is 18.3 Å². The summed E-state index contributed by atoms with van der Waals surface area (Å²) in [4.78, 5) is 18.5. The summed E-state index contributed by atoms with van der Waals surface area (Å²) in [5.41, 5.74) is 1.09. The number of nitrogens with one attached hydrogen (secondary N) is 1. The van der Waals surface area contributed by atoms with Crippen LogP contribution in [-0.4, -0.2) is 59.9 Å². The molecule has 1 amide bonds. The number of benzene rings is 1. The van der Waals surface area contributed by atoms with Crippen LogP contribution in [-0.2, 0) is 19.3 Å². The largest absolute Gasteiger partial charge is 0.387 e. The molecular formula is C29H35Cl3N4O5S. The number of piperidine rings is 3. The number of carbonyl (C=O) groups is 1. The second kappa shape index (κ2) is 14.1. The van der Waals surface area contributed by atoms with Crippen LogP contribution >= 0.6 is 34.8 Å². The molecule has 2 aromatic rings. The van der Waals surface area contributed by atoms with E-state index < -0.39 is 38.6 Å². The number of hydrogen-bond acceptors (Lipinski definition) is 6. The van der Waals surface area contributed by atoms with E-state index in [1.54, 1.807) is 30.3 Å². The van der Waals surface area contributed by atoms with Crippen molar-refractivity contribution >= 4 is 61.9 Å². The Morgan fingerprint density at radius 1 is 1.33 bits per heavy atom. The maximum Gasteiger partial charge on any atom is 0.260 e. The standard InChI is InChI=1S/C29H35Cl3N4O5S/c1-3-5-6-9-14-33-27(37)18-26(29(30,31)32)41-42(39,40)34-36-16-13-23(22-10-7-8-11-24(22)36)28(38)25-17-21-12-15-35(25)19-20(21)4-2/h1,4,7-8,10-11,13,16,20-21,25-26,28,38H,2,5-6,9,12,14-15,17-19H2,(H,33,37)/t20-,21-,25-,26+,28+/m0/s1. The molecule has 13 heteroatoms. The first-order valence-corrected chi connectivity index (χ1v) is 16.3. The number of rotatable bonds is 13. The Bertz CT molecular complexity index is 1430. The van der Waals surface area contributed by atoms with Gasteiger partial charge in [-0.25, -0.2) is 13.1 Å². The van der Waals surface area contributed by atoms with Crippen LogP contribution < -0.4 is 9.99 Å². The van der Waals surface area contributed by atoms with Gasteiger partial charge < -0.3 is 10.4 Å². The first-order valence-electron chi connectivity index (χ1n) is 13.8. The molecule has 2 N–H and O–H groups in total. The van der Waals surface area contributed by atoms with Crippen molar-refractivity contribution in [2.24, 2.45) is 11.8 Å². The Balaban J connectivity index is 1.49. The Morgan fingerprint density at radius 2 is 2.10 bits per heavy atom. The third kappa shape index (κ3) is 8.08. The number of aliphatic hydroxyl groups is 1. The van der Waals surface area contributed by atoms with Crippen LogP contribution in [0.25, 0.3) is 15.7 Å². The molecule has 3 saturated heterocycles. The van der Waals surface area contributed by atoms with Crippen LogP contribution in [0, 0.1) is 24.2 Å². The van der Waals surface area contributed by atoms with E-state index in [1.165, 1.54) is 6.20 Å². The zero-order valence-corrected chi connectivity index (χ0v) is 26.1. The van der Waals surface area contributed by atoms with Crippen molar-refractivity contribution in [1.82, 2.24) is 10.2 Å². The first kappa shape index (κ1) is 32.8. The van der Waals surface area contributed by atoms with E-state index in [0.29, 0.717) is 47.7 Å². The Morgan fingerprint density at radius 3 is 2.76 bits per heavy atom. The maximum absolute atomic E-state index is 13.0. The first-order chi connectivity index (χ1) is 19.9. The number of nitrogens with zero attached hydrogens (tertiary/aromatic N) is 3. The molecule has 1 aromatic heterocycles. The lowest BCUT2D eigenvalue weighted by Gasteiger charge is -2.50. The summed E-state index contributed by atoms with van der Waals surface area (Å²) in [6, 6.07) is 8.62. The molecule has 228 valence electrons. The van der Waals surface area contributed by atoms with E-state index >= 15 is 0 Å². The summed E-state index contributed by atoms with van der Waals surface area (Å²) in [5, 5.41) is 14.8. The minimum absolute atomic E-state index is 0.0586. The molecule has 1 unspecified atom stereocenters. The molecule has 42 heavy (non-hydrogen) atoms. The smallest absolute Gasteiger partial charge is 0.260 e. The van der Waals surface area contributed by atoms with Gasteiger partial charge in [-0.2, -0.15) is 0 Å². The predicted octanol–water partition coefficient (Wildman–Crippen LogP) is 4.50. The Labute approximate surface area is 262 Å². The van der Waals surface area contributed by atoms with Crippen molar-refractivity contribution in [2.45, 2.75) is 60.6 Å². The van der Waals surface area contributed by atoms with Gasteiger partial charge in [0, 0.05) is 43.2 Å². The van der Waals surface area contributed by atoms with Gasteiger partial charge in [0.05, 0.1) is 17.9 Å². The average Bonchev–Trinajstić information content (AvgIpc) is 2.96. The summed E-state index contributed by atoms with van der Waals surface area (Å²) in [7, 11) is -4.70. The van der Waals surface area contributed by atoms with E-state index in [2.05, 4.69) is 27.5 Å². The van der Waals surface area contributed by atoms with Crippen molar-refractivity contribution in [3.05, 3.63) is 59.6 Å². The number of carbonyl (C=O) groups excluding carboxylic acids is 1. The number of unbranched alkanes of at least 4 members (excludes halogenated alkanes) is 2. The monoisotopic (exact) mass is 656 g/mol. The molecule has 0 aliphatic carbocycles. The van der Waals surface area contributed by atoms with Gasteiger partial charge in [0.25, 0.3) is 10.3 Å². The number of para-hydroxylation sites is 1. The van der Waals surface area contributed by atoms with Crippen LogP contribution in [0.1, 0.15) is 50.2 Å². The van der Waals surface area contributed by atoms with Gasteiger partial charge in [-0.15, -0.1) is 18.9 Å². The van der Waals surface area contributed by atoms with Gasteiger partial charge in [-0.3, -0.25) is 18.7 Å². The number of terminal acetylenes is 1. The van der Waals surface area contributed by atoms with E-state index in [-0.39, 0.29) is 6.04 Å². The third-order valence-electron chi connectivity index (χ3n) is 7.93. The average molecular weight is 658 g/mol. The van der Waals surface area contributed by atoms with E-state index in [0.717, 1.165) is 37.0 Å². The van der Waals surface area contributed by atoms with Crippen LogP contribution in [0.3, 0.4) is 0 Å². The van der Waals surface area contributed by atoms with Gasteiger partial charge in [-0.1, -0.05) is 53.0 Å². The second-order valence-corrected chi connectivity index (χ2v) is 14.3. The molecule has 5 rings (SSSR count). The highest BCUT2D eigenvalue weighted by molar-refractivity contribution is 7.89. The number of fused-ring (bicyclic) bond motifs is 4. The molecule has 1 aromatic carbocycles. The molecule has 0 radical (unpaired) electrons. The molecule has 3 fully saturated rings. The topological polar surface area (TPSA) is 114 Å². The predicted molar refractivity (Wildman–Crippen MR) is 164 cm³/mol. The summed E-state index contributed by atoms with van der Waals surface area (Å²) >= 11 is 17.9. The number of pyridine rings is 1. The Kier molecular flexibility index (Phi) is 11.0. The quantitative estimate of drug-likeness (QED) is 0.108. The van der Waals surface area contributed by atoms with Gasteiger partial charge in [0.15, 0.2) is 6.20 Å². The zero-order chi connectivity index (χ0) is 30.5. The van der Waals surface area contributed by atoms with Gasteiger partial charge in [-0.05, 0) is 50.1 Å². The van der Waals surface area contributed by atoms with Crippen LogP contribution in [0.5, 0.6) is 0 Å². The number of amides is 1. The van der Waals surface area contributed by atoms with E-state index in [4.69, 9.17) is 45.4 Å². The third-order valence-corrected chi connectivity index (χ3v) is 9.51. The van der Waals surface area contributed by atoms with Crippen molar-refractivity contribution in [3.8, 4) is 12.3 Å². The molecule has 9 nitrogen and oxygen atoms in total.